The van der Waals surface area contributed by atoms with E-state index in [1.807, 2.05) is 24.3 Å². The topological polar surface area (TPSA) is 55.8 Å². The highest BCUT2D eigenvalue weighted by atomic mass is 127. The second kappa shape index (κ2) is 8.87. The Balaban J connectivity index is 2.78. The fourth-order valence-corrected chi connectivity index (χ4v) is 2.68. The fraction of sp³-hybridized carbons (Fsp3) is 0.579. The Morgan fingerprint density at radius 2 is 1.44 bits per heavy atom. The third-order valence-corrected chi connectivity index (χ3v) is 4.07. The van der Waals surface area contributed by atoms with Crippen molar-refractivity contribution in [2.24, 2.45) is 0 Å². The minimum absolute atomic E-state index is 0.245. The van der Waals surface area contributed by atoms with Gasteiger partial charge in [-0.15, -0.1) is 0 Å². The largest absolute Gasteiger partial charge is 0.443 e. The predicted octanol–water partition coefficient (Wildman–Crippen LogP) is 5.40. The van der Waals surface area contributed by atoms with Gasteiger partial charge in [0.2, 0.25) is 0 Å². The molecule has 1 aromatic rings. The summed E-state index contributed by atoms with van der Waals surface area (Å²) in [6.45, 7) is 10.9. The van der Waals surface area contributed by atoms with E-state index in [2.05, 4.69) is 22.6 Å². The minimum Gasteiger partial charge on any atom is -0.443 e. The van der Waals surface area contributed by atoms with Crippen molar-refractivity contribution >= 4 is 34.8 Å². The number of hydrogen-bond donors (Lipinski definition) is 0. The summed E-state index contributed by atoms with van der Waals surface area (Å²) in [5.74, 6) is 0. The Kier molecular flexibility index (Phi) is 7.71. The van der Waals surface area contributed by atoms with Crippen LogP contribution in [0.15, 0.2) is 24.3 Å². The Morgan fingerprint density at radius 1 is 0.960 bits per heavy atom. The summed E-state index contributed by atoms with van der Waals surface area (Å²) in [5.41, 5.74) is -0.158. The van der Waals surface area contributed by atoms with E-state index in [1.54, 1.807) is 41.5 Å². The van der Waals surface area contributed by atoms with Crippen LogP contribution in [0.5, 0.6) is 0 Å². The van der Waals surface area contributed by atoms with Gasteiger partial charge in [-0.2, -0.15) is 0 Å². The van der Waals surface area contributed by atoms with Crippen molar-refractivity contribution in [3.8, 4) is 0 Å². The molecule has 0 saturated heterocycles. The van der Waals surface area contributed by atoms with Gasteiger partial charge in [0, 0.05) is 10.1 Å². The zero-order valence-electron chi connectivity index (χ0n) is 15.9. The molecule has 0 spiro atoms. The number of rotatable bonds is 4. The summed E-state index contributed by atoms with van der Waals surface area (Å²) in [6.07, 6.45) is 0.0497. The number of benzene rings is 1. The maximum Gasteiger partial charge on any atom is 0.419 e. The first kappa shape index (κ1) is 21.7. The van der Waals surface area contributed by atoms with E-state index in [-0.39, 0.29) is 6.54 Å². The van der Waals surface area contributed by atoms with E-state index in [4.69, 9.17) is 9.47 Å². The van der Waals surface area contributed by atoms with Crippen molar-refractivity contribution in [1.82, 2.24) is 4.90 Å². The number of ether oxygens (including phenoxy) is 2. The summed E-state index contributed by atoms with van der Waals surface area (Å²) in [7, 11) is 0. The van der Waals surface area contributed by atoms with Gasteiger partial charge in [-0.25, -0.2) is 14.5 Å². The number of imide groups is 1. The van der Waals surface area contributed by atoms with Gasteiger partial charge in [-0.05, 0) is 88.6 Å². The molecule has 0 radical (unpaired) electrons. The molecular formula is C19H28INO4. The number of aryl methyl sites for hydroxylation is 1. The van der Waals surface area contributed by atoms with Crippen LogP contribution in [0.4, 0.5) is 9.59 Å². The quantitative estimate of drug-likeness (QED) is 0.564. The van der Waals surface area contributed by atoms with Crippen LogP contribution in [0.1, 0.15) is 53.5 Å². The molecule has 0 bridgehead atoms. The standard InChI is InChI=1S/C19H28INO4/c1-18(2,3)24-16(22)21(17(23)25-19(4,5)6)13-9-11-14-10-7-8-12-15(14)20/h7-8,10,12H,9,11,13H2,1-6H3. The maximum absolute atomic E-state index is 12.4. The number of halogens is 1. The van der Waals surface area contributed by atoms with Crippen LogP contribution >= 0.6 is 22.6 Å². The van der Waals surface area contributed by atoms with Crippen LogP contribution in [0.25, 0.3) is 0 Å². The van der Waals surface area contributed by atoms with Crippen molar-refractivity contribution in [3.05, 3.63) is 33.4 Å². The van der Waals surface area contributed by atoms with Gasteiger partial charge in [-0.3, -0.25) is 0 Å². The van der Waals surface area contributed by atoms with Crippen LogP contribution in [-0.2, 0) is 15.9 Å². The first-order chi connectivity index (χ1) is 11.4. The molecular weight excluding hydrogens is 433 g/mol. The Bertz CT molecular complexity index is 574. The maximum atomic E-state index is 12.4. The molecule has 0 saturated carbocycles. The molecule has 0 aliphatic heterocycles. The van der Waals surface area contributed by atoms with E-state index in [0.29, 0.717) is 6.42 Å². The van der Waals surface area contributed by atoms with Gasteiger partial charge >= 0.3 is 12.2 Å². The van der Waals surface area contributed by atoms with Gasteiger partial charge in [-0.1, -0.05) is 18.2 Å². The lowest BCUT2D eigenvalue weighted by molar-refractivity contribution is 0.00130. The normalized spacial score (nSPS) is 11.8. The summed E-state index contributed by atoms with van der Waals surface area (Å²) in [6, 6.07) is 8.05. The van der Waals surface area contributed by atoms with Crippen molar-refractivity contribution in [1.29, 1.82) is 0 Å². The minimum atomic E-state index is -0.676. The average molecular weight is 461 g/mol. The highest BCUT2D eigenvalue weighted by molar-refractivity contribution is 14.1. The lowest BCUT2D eigenvalue weighted by Gasteiger charge is -2.28. The number of amides is 2. The van der Waals surface area contributed by atoms with Crippen molar-refractivity contribution in [2.45, 2.75) is 65.6 Å². The number of nitrogens with zero attached hydrogens (tertiary/aromatic N) is 1. The van der Waals surface area contributed by atoms with Crippen molar-refractivity contribution < 1.29 is 19.1 Å². The van der Waals surface area contributed by atoms with Crippen LogP contribution in [0.3, 0.4) is 0 Å². The van der Waals surface area contributed by atoms with Gasteiger partial charge in [0.25, 0.3) is 0 Å². The van der Waals surface area contributed by atoms with E-state index in [0.717, 1.165) is 11.3 Å². The van der Waals surface area contributed by atoms with Gasteiger partial charge in [0.1, 0.15) is 11.2 Å². The zero-order chi connectivity index (χ0) is 19.3. The van der Waals surface area contributed by atoms with E-state index in [1.165, 1.54) is 9.13 Å². The summed E-state index contributed by atoms with van der Waals surface area (Å²) in [4.78, 5) is 25.8. The van der Waals surface area contributed by atoms with Crippen LogP contribution in [-0.4, -0.2) is 34.8 Å². The molecule has 5 nitrogen and oxygen atoms in total. The molecule has 25 heavy (non-hydrogen) atoms. The molecule has 1 rings (SSSR count). The van der Waals surface area contributed by atoms with Crippen molar-refractivity contribution in [2.75, 3.05) is 6.54 Å². The van der Waals surface area contributed by atoms with E-state index in [9.17, 15) is 9.59 Å². The zero-order valence-corrected chi connectivity index (χ0v) is 18.0. The fourth-order valence-electron chi connectivity index (χ4n) is 2.02. The molecule has 0 N–H and O–H groups in total. The lowest BCUT2D eigenvalue weighted by atomic mass is 10.1. The lowest BCUT2D eigenvalue weighted by Crippen LogP contribution is -2.44. The number of carbonyl (C=O) groups excluding carboxylic acids is 2. The van der Waals surface area contributed by atoms with Gasteiger partial charge in [0.05, 0.1) is 0 Å². The molecule has 0 heterocycles. The molecule has 0 unspecified atom stereocenters. The van der Waals surface area contributed by atoms with Crippen molar-refractivity contribution in [3.63, 3.8) is 0 Å². The molecule has 0 aromatic heterocycles. The van der Waals surface area contributed by atoms with E-state index < -0.39 is 23.4 Å². The summed E-state index contributed by atoms with van der Waals surface area (Å²) < 4.78 is 11.9. The molecule has 0 fully saturated rings. The Morgan fingerprint density at radius 3 is 1.88 bits per heavy atom. The number of carbonyl (C=O) groups is 2. The van der Waals surface area contributed by atoms with Gasteiger partial charge in [0.15, 0.2) is 0 Å². The molecule has 6 heteroatoms. The molecule has 2 amide bonds. The molecule has 0 atom stereocenters. The highest BCUT2D eigenvalue weighted by Gasteiger charge is 2.30. The molecule has 1 aromatic carbocycles. The Labute approximate surface area is 164 Å². The number of hydrogen-bond acceptors (Lipinski definition) is 4. The van der Waals surface area contributed by atoms with Crippen LogP contribution in [0.2, 0.25) is 0 Å². The molecule has 0 aliphatic carbocycles. The second-order valence-electron chi connectivity index (χ2n) is 7.81. The second-order valence-corrected chi connectivity index (χ2v) is 8.97. The predicted molar refractivity (Wildman–Crippen MR) is 107 cm³/mol. The van der Waals surface area contributed by atoms with Crippen LogP contribution in [0, 0.1) is 3.57 Å². The average Bonchev–Trinajstić information content (AvgIpc) is 2.41. The first-order valence-electron chi connectivity index (χ1n) is 8.36. The Hall–Kier alpha value is -1.31. The van der Waals surface area contributed by atoms with E-state index >= 15 is 0 Å². The van der Waals surface area contributed by atoms with Gasteiger partial charge < -0.3 is 9.47 Å². The molecule has 140 valence electrons. The summed E-state index contributed by atoms with van der Waals surface area (Å²) in [5, 5.41) is 0. The smallest absolute Gasteiger partial charge is 0.419 e. The third-order valence-electron chi connectivity index (χ3n) is 3.01. The highest BCUT2D eigenvalue weighted by Crippen LogP contribution is 2.17. The third kappa shape index (κ3) is 8.56. The van der Waals surface area contributed by atoms with Crippen LogP contribution < -0.4 is 0 Å². The molecule has 0 aliphatic rings. The summed E-state index contributed by atoms with van der Waals surface area (Å²) >= 11 is 2.28. The monoisotopic (exact) mass is 461 g/mol. The SMILES string of the molecule is CC(C)(C)OC(=O)N(CCCc1ccccc1I)C(=O)OC(C)(C)C. The first-order valence-corrected chi connectivity index (χ1v) is 9.44.